The van der Waals surface area contributed by atoms with Crippen molar-refractivity contribution in [1.82, 2.24) is 9.97 Å². The van der Waals surface area contributed by atoms with Gasteiger partial charge in [-0.2, -0.15) is 4.98 Å². The minimum atomic E-state index is 0.318. The number of nitrogens with one attached hydrogen (secondary N) is 1. The lowest BCUT2D eigenvalue weighted by molar-refractivity contribution is 0.177. The Labute approximate surface area is 122 Å². The molecule has 0 aliphatic carbocycles. The van der Waals surface area contributed by atoms with Crippen molar-refractivity contribution in [1.29, 1.82) is 0 Å². The zero-order valence-corrected chi connectivity index (χ0v) is 12.1. The summed E-state index contributed by atoms with van der Waals surface area (Å²) < 4.78 is 10.8. The van der Waals surface area contributed by atoms with Gasteiger partial charge in [-0.25, -0.2) is 4.98 Å². The van der Waals surface area contributed by atoms with E-state index in [0.29, 0.717) is 34.9 Å². The van der Waals surface area contributed by atoms with Crippen LogP contribution >= 0.6 is 11.6 Å². The molecule has 1 aromatic carbocycles. The van der Waals surface area contributed by atoms with Crippen molar-refractivity contribution in [2.75, 3.05) is 19.0 Å². The number of ether oxygens (including phenoxy) is 2. The Morgan fingerprint density at radius 1 is 1.25 bits per heavy atom. The van der Waals surface area contributed by atoms with Crippen LogP contribution in [0.3, 0.4) is 0 Å². The van der Waals surface area contributed by atoms with Crippen LogP contribution in [0.2, 0.25) is 5.02 Å². The Morgan fingerprint density at radius 3 is 2.75 bits per heavy atom. The zero-order chi connectivity index (χ0) is 14.4. The van der Waals surface area contributed by atoms with Crippen molar-refractivity contribution < 1.29 is 9.47 Å². The molecule has 20 heavy (non-hydrogen) atoms. The van der Waals surface area contributed by atoms with E-state index in [0.717, 1.165) is 6.54 Å². The highest BCUT2D eigenvalue weighted by Gasteiger charge is 2.08. The second-order valence-corrected chi connectivity index (χ2v) is 4.41. The summed E-state index contributed by atoms with van der Waals surface area (Å²) in [6, 6.07) is 8.97. The fraction of sp³-hybridized carbons (Fsp3) is 0.286. The van der Waals surface area contributed by atoms with Gasteiger partial charge in [-0.1, -0.05) is 23.7 Å². The van der Waals surface area contributed by atoms with E-state index < -0.39 is 0 Å². The third kappa shape index (κ3) is 3.82. The van der Waals surface area contributed by atoms with Crippen LogP contribution in [-0.4, -0.2) is 23.6 Å². The number of para-hydroxylation sites is 1. The summed E-state index contributed by atoms with van der Waals surface area (Å²) in [6.45, 7) is 3.07. The second kappa shape index (κ2) is 7.07. The first-order valence-electron chi connectivity index (χ1n) is 6.26. The summed E-state index contributed by atoms with van der Waals surface area (Å²) in [5.41, 5.74) is 0. The van der Waals surface area contributed by atoms with Crippen LogP contribution in [0.25, 0.3) is 0 Å². The molecule has 0 atom stereocenters. The van der Waals surface area contributed by atoms with Crippen LogP contribution in [0, 0.1) is 0 Å². The van der Waals surface area contributed by atoms with Crippen LogP contribution < -0.4 is 10.1 Å². The summed E-state index contributed by atoms with van der Waals surface area (Å²) in [5.74, 6) is 2.22. The molecule has 0 spiro atoms. The van der Waals surface area contributed by atoms with Crippen LogP contribution in [0.15, 0.2) is 30.3 Å². The first-order valence-corrected chi connectivity index (χ1v) is 6.64. The van der Waals surface area contributed by atoms with Gasteiger partial charge in [0.25, 0.3) is 0 Å². The summed E-state index contributed by atoms with van der Waals surface area (Å²) in [7, 11) is 1.60. The van der Waals surface area contributed by atoms with Crippen molar-refractivity contribution in [3.63, 3.8) is 0 Å². The number of methoxy groups -OCH3 is 1. The molecule has 0 unspecified atom stereocenters. The number of hydrogen-bond donors (Lipinski definition) is 1. The highest BCUT2D eigenvalue weighted by atomic mass is 35.5. The number of anilines is 1. The number of hydrogen-bond acceptors (Lipinski definition) is 5. The Kier molecular flexibility index (Phi) is 5.15. The number of rotatable bonds is 6. The fourth-order valence-corrected chi connectivity index (χ4v) is 1.80. The Morgan fingerprint density at radius 2 is 2.05 bits per heavy atom. The van der Waals surface area contributed by atoms with Crippen molar-refractivity contribution >= 4 is 17.4 Å². The minimum absolute atomic E-state index is 0.318. The van der Waals surface area contributed by atoms with E-state index in [2.05, 4.69) is 15.3 Å². The molecule has 0 saturated heterocycles. The highest BCUT2D eigenvalue weighted by molar-refractivity contribution is 6.32. The number of aromatic nitrogens is 2. The Balaban J connectivity index is 2.28. The first-order chi connectivity index (χ1) is 9.72. The van der Waals surface area contributed by atoms with Crippen LogP contribution in [0.4, 0.5) is 5.82 Å². The molecule has 0 radical (unpaired) electrons. The third-order valence-corrected chi connectivity index (χ3v) is 2.74. The molecule has 0 saturated carbocycles. The Bertz CT molecular complexity index is 554. The molecular weight excluding hydrogens is 278 g/mol. The molecular formula is C14H16ClN3O2. The topological polar surface area (TPSA) is 56.3 Å². The molecule has 0 aliphatic heterocycles. The molecule has 6 heteroatoms. The SMILES string of the molecule is CCNc1cc(Oc2ccccc2Cl)nc(COC)n1. The molecule has 1 N–H and O–H groups in total. The summed E-state index contributed by atoms with van der Waals surface area (Å²) in [5, 5.41) is 3.66. The van der Waals surface area contributed by atoms with Gasteiger partial charge < -0.3 is 14.8 Å². The maximum atomic E-state index is 6.07. The number of benzene rings is 1. The Hall–Kier alpha value is -1.85. The van der Waals surface area contributed by atoms with Gasteiger partial charge in [-0.05, 0) is 19.1 Å². The molecule has 0 bridgehead atoms. The maximum absolute atomic E-state index is 6.07. The molecule has 2 aromatic rings. The van der Waals surface area contributed by atoms with E-state index in [-0.39, 0.29) is 0 Å². The van der Waals surface area contributed by atoms with Gasteiger partial charge >= 0.3 is 0 Å². The van der Waals surface area contributed by atoms with Gasteiger partial charge in [-0.3, -0.25) is 0 Å². The molecule has 5 nitrogen and oxygen atoms in total. The van der Waals surface area contributed by atoms with E-state index in [4.69, 9.17) is 21.1 Å². The lowest BCUT2D eigenvalue weighted by atomic mass is 10.3. The van der Waals surface area contributed by atoms with Crippen molar-refractivity contribution in [2.45, 2.75) is 13.5 Å². The fourth-order valence-electron chi connectivity index (χ4n) is 1.63. The number of nitrogens with zero attached hydrogens (tertiary/aromatic N) is 2. The molecule has 106 valence electrons. The van der Waals surface area contributed by atoms with Gasteiger partial charge in [0.2, 0.25) is 5.88 Å². The second-order valence-electron chi connectivity index (χ2n) is 4.00. The normalized spacial score (nSPS) is 10.3. The van der Waals surface area contributed by atoms with Gasteiger partial charge in [-0.15, -0.1) is 0 Å². The molecule has 0 aliphatic rings. The quantitative estimate of drug-likeness (QED) is 0.883. The van der Waals surface area contributed by atoms with Gasteiger partial charge in [0, 0.05) is 19.7 Å². The van der Waals surface area contributed by atoms with Crippen molar-refractivity contribution in [2.24, 2.45) is 0 Å². The number of halogens is 1. The average molecular weight is 294 g/mol. The van der Waals surface area contributed by atoms with Crippen molar-refractivity contribution in [3.05, 3.63) is 41.2 Å². The predicted octanol–water partition coefficient (Wildman–Crippen LogP) is 3.50. The van der Waals surface area contributed by atoms with Crippen LogP contribution in [-0.2, 0) is 11.3 Å². The summed E-state index contributed by atoms with van der Waals surface area (Å²) >= 11 is 6.07. The first kappa shape index (κ1) is 14.6. The standard InChI is InChI=1S/C14H16ClN3O2/c1-3-16-12-8-14(18-13(17-12)9-19-2)20-11-7-5-4-6-10(11)15/h4-8H,3,9H2,1-2H3,(H,16,17,18). The lowest BCUT2D eigenvalue weighted by Crippen LogP contribution is -2.05. The maximum Gasteiger partial charge on any atom is 0.224 e. The van der Waals surface area contributed by atoms with Gasteiger partial charge in [0.05, 0.1) is 5.02 Å². The van der Waals surface area contributed by atoms with Crippen molar-refractivity contribution in [3.8, 4) is 11.6 Å². The molecule has 2 rings (SSSR count). The predicted molar refractivity (Wildman–Crippen MR) is 78.4 cm³/mol. The monoisotopic (exact) mass is 293 g/mol. The highest BCUT2D eigenvalue weighted by Crippen LogP contribution is 2.28. The van der Waals surface area contributed by atoms with E-state index in [1.807, 2.05) is 19.1 Å². The smallest absolute Gasteiger partial charge is 0.224 e. The minimum Gasteiger partial charge on any atom is -0.437 e. The van der Waals surface area contributed by atoms with E-state index in [9.17, 15) is 0 Å². The van der Waals surface area contributed by atoms with Crippen LogP contribution in [0.5, 0.6) is 11.6 Å². The van der Waals surface area contributed by atoms with Gasteiger partial charge in [0.1, 0.15) is 18.2 Å². The third-order valence-electron chi connectivity index (χ3n) is 2.43. The molecule has 1 heterocycles. The molecule has 0 fully saturated rings. The summed E-state index contributed by atoms with van der Waals surface area (Å²) in [4.78, 5) is 8.60. The van der Waals surface area contributed by atoms with Crippen LogP contribution in [0.1, 0.15) is 12.7 Å². The molecule has 0 amide bonds. The van der Waals surface area contributed by atoms with E-state index in [1.165, 1.54) is 0 Å². The lowest BCUT2D eigenvalue weighted by Gasteiger charge is -2.10. The zero-order valence-electron chi connectivity index (χ0n) is 11.4. The summed E-state index contributed by atoms with van der Waals surface area (Å²) in [6.07, 6.45) is 0. The van der Waals surface area contributed by atoms with E-state index >= 15 is 0 Å². The van der Waals surface area contributed by atoms with E-state index in [1.54, 1.807) is 25.3 Å². The average Bonchev–Trinajstić information content (AvgIpc) is 2.42. The van der Waals surface area contributed by atoms with Gasteiger partial charge in [0.15, 0.2) is 5.82 Å². The molecule has 1 aromatic heterocycles. The largest absolute Gasteiger partial charge is 0.437 e.